The fourth-order valence-electron chi connectivity index (χ4n) is 2.88. The van der Waals surface area contributed by atoms with Crippen LogP contribution in [0.2, 0.25) is 0 Å². The largest absolute Gasteiger partial charge is 0.250 e. The number of isocyanates is 2. The van der Waals surface area contributed by atoms with Crippen LogP contribution >= 0.6 is 0 Å². The number of aliphatic imine (C=N–C) groups is 2. The second-order valence-corrected chi connectivity index (χ2v) is 5.27. The van der Waals surface area contributed by atoms with Crippen molar-refractivity contribution < 1.29 is 22.8 Å². The van der Waals surface area contributed by atoms with Gasteiger partial charge in [-0.15, -0.1) is 0 Å². The van der Waals surface area contributed by atoms with E-state index in [1.807, 2.05) is 0 Å². The average molecular weight is 276 g/mol. The highest BCUT2D eigenvalue weighted by Gasteiger charge is 2.49. The van der Waals surface area contributed by atoms with E-state index in [0.29, 0.717) is 0 Å². The molecule has 1 rings (SSSR count). The number of halogens is 3. The van der Waals surface area contributed by atoms with Gasteiger partial charge in [0, 0.05) is 10.8 Å². The minimum atomic E-state index is -1.37. The summed E-state index contributed by atoms with van der Waals surface area (Å²) in [4.78, 5) is 27.3. The normalized spacial score (nSPS) is 29.1. The lowest BCUT2D eigenvalue weighted by Gasteiger charge is -2.45. The van der Waals surface area contributed by atoms with E-state index < -0.39 is 36.9 Å². The molecule has 0 N–H and O–H groups in total. The number of rotatable bonds is 6. The molecule has 1 aliphatic carbocycles. The molecule has 0 heterocycles. The van der Waals surface area contributed by atoms with Crippen molar-refractivity contribution >= 4 is 12.2 Å². The smallest absolute Gasteiger partial charge is 0.235 e. The molecule has 0 amide bonds. The summed E-state index contributed by atoms with van der Waals surface area (Å²) in [7, 11) is 0. The summed E-state index contributed by atoms with van der Waals surface area (Å²) in [6.45, 7) is -3.04. The summed E-state index contributed by atoms with van der Waals surface area (Å²) < 4.78 is 39.6. The minimum Gasteiger partial charge on any atom is -0.250 e. The van der Waals surface area contributed by atoms with Crippen LogP contribution in [0.25, 0.3) is 0 Å². The van der Waals surface area contributed by atoms with Gasteiger partial charge in [0.1, 0.15) is 0 Å². The second-order valence-electron chi connectivity index (χ2n) is 5.27. The Balaban J connectivity index is 3.08. The number of nitrogens with zero attached hydrogens (tertiary/aromatic N) is 2. The predicted octanol–water partition coefficient (Wildman–Crippen LogP) is 2.09. The lowest BCUT2D eigenvalue weighted by atomic mass is 9.61. The minimum absolute atomic E-state index is 0.0296. The van der Waals surface area contributed by atoms with Crippen LogP contribution in [-0.2, 0) is 9.59 Å². The van der Waals surface area contributed by atoms with Gasteiger partial charge in [-0.3, -0.25) is 13.2 Å². The zero-order chi connectivity index (χ0) is 14.4. The van der Waals surface area contributed by atoms with Gasteiger partial charge >= 0.3 is 0 Å². The average Bonchev–Trinajstić information content (AvgIpc) is 2.45. The summed E-state index contributed by atoms with van der Waals surface area (Å²) in [5.41, 5.74) is -2.54. The molecule has 19 heavy (non-hydrogen) atoms. The maximum absolute atomic E-state index is 13.3. The Morgan fingerprint density at radius 3 is 2.05 bits per heavy atom. The SMILES string of the molecule is O=C=NCC1(CF)CC(N=C=O)CC(CF)(CF)C1. The first kappa shape index (κ1) is 15.6. The first-order valence-corrected chi connectivity index (χ1v) is 5.88. The van der Waals surface area contributed by atoms with Crippen LogP contribution < -0.4 is 0 Å². The van der Waals surface area contributed by atoms with Crippen LogP contribution in [-0.4, -0.2) is 44.8 Å². The van der Waals surface area contributed by atoms with Crippen molar-refractivity contribution in [2.24, 2.45) is 20.8 Å². The fraction of sp³-hybridized carbons (Fsp3) is 0.833. The first-order valence-electron chi connectivity index (χ1n) is 5.88. The number of hydrogen-bond donors (Lipinski definition) is 0. The maximum Gasteiger partial charge on any atom is 0.235 e. The van der Waals surface area contributed by atoms with Crippen molar-refractivity contribution in [3.63, 3.8) is 0 Å². The molecule has 0 aromatic heterocycles. The van der Waals surface area contributed by atoms with E-state index in [-0.39, 0.29) is 25.8 Å². The van der Waals surface area contributed by atoms with Crippen LogP contribution in [0.1, 0.15) is 19.3 Å². The van der Waals surface area contributed by atoms with E-state index in [1.54, 1.807) is 0 Å². The molecule has 1 aliphatic rings. The molecule has 1 saturated carbocycles. The van der Waals surface area contributed by atoms with Crippen molar-refractivity contribution in [1.82, 2.24) is 0 Å². The van der Waals surface area contributed by atoms with Crippen molar-refractivity contribution in [3.8, 4) is 0 Å². The quantitative estimate of drug-likeness (QED) is 0.551. The van der Waals surface area contributed by atoms with E-state index in [4.69, 9.17) is 0 Å². The molecule has 0 aromatic rings. The molecule has 2 atom stereocenters. The van der Waals surface area contributed by atoms with Gasteiger partial charge in [-0.2, -0.15) is 0 Å². The molecule has 0 aliphatic heterocycles. The molecule has 1 fully saturated rings. The van der Waals surface area contributed by atoms with E-state index in [0.717, 1.165) is 0 Å². The van der Waals surface area contributed by atoms with Gasteiger partial charge in [-0.05, 0) is 19.3 Å². The Bertz CT molecular complexity index is 402. The Morgan fingerprint density at radius 1 is 1.00 bits per heavy atom. The predicted molar refractivity (Wildman–Crippen MR) is 61.5 cm³/mol. The molecule has 0 bridgehead atoms. The highest BCUT2D eigenvalue weighted by atomic mass is 19.1. The third-order valence-corrected chi connectivity index (χ3v) is 3.65. The second kappa shape index (κ2) is 6.64. The van der Waals surface area contributed by atoms with Crippen LogP contribution in [0.4, 0.5) is 13.2 Å². The van der Waals surface area contributed by atoms with Gasteiger partial charge in [0.15, 0.2) is 0 Å². The van der Waals surface area contributed by atoms with Crippen LogP contribution in [0.15, 0.2) is 9.98 Å². The lowest BCUT2D eigenvalue weighted by molar-refractivity contribution is -0.00135. The summed E-state index contributed by atoms with van der Waals surface area (Å²) in [6, 6.07) is -0.699. The number of carbonyl (C=O) groups excluding carboxylic acids is 2. The van der Waals surface area contributed by atoms with Gasteiger partial charge in [0.2, 0.25) is 12.2 Å². The van der Waals surface area contributed by atoms with Crippen LogP contribution in [0, 0.1) is 10.8 Å². The van der Waals surface area contributed by atoms with E-state index in [2.05, 4.69) is 9.98 Å². The Morgan fingerprint density at radius 2 is 1.58 bits per heavy atom. The molecule has 0 aromatic carbocycles. The van der Waals surface area contributed by atoms with Gasteiger partial charge in [0.25, 0.3) is 0 Å². The van der Waals surface area contributed by atoms with E-state index in [1.165, 1.54) is 12.2 Å². The molecule has 0 saturated heterocycles. The van der Waals surface area contributed by atoms with Crippen molar-refractivity contribution in [1.29, 1.82) is 0 Å². The molecule has 0 spiro atoms. The highest BCUT2D eigenvalue weighted by Crippen LogP contribution is 2.48. The molecular weight excluding hydrogens is 261 g/mol. The highest BCUT2D eigenvalue weighted by molar-refractivity contribution is 5.34. The maximum atomic E-state index is 13.3. The fourth-order valence-corrected chi connectivity index (χ4v) is 2.88. The standard InChI is InChI=1S/C12H15F3N2O2/c13-4-11(5-14)1-10(17-9-19)2-12(3-11,6-15)7-16-8-18/h10H,1-7H2. The van der Waals surface area contributed by atoms with Gasteiger partial charge in [0.05, 0.1) is 32.6 Å². The van der Waals surface area contributed by atoms with Gasteiger partial charge < -0.3 is 0 Å². The zero-order valence-electron chi connectivity index (χ0n) is 10.4. The molecular formula is C12H15F3N2O2. The summed E-state index contributed by atoms with van der Waals surface area (Å²) in [5.74, 6) is 0. The summed E-state index contributed by atoms with van der Waals surface area (Å²) in [6.07, 6.45) is 2.71. The summed E-state index contributed by atoms with van der Waals surface area (Å²) >= 11 is 0. The van der Waals surface area contributed by atoms with Gasteiger partial charge in [-0.25, -0.2) is 19.6 Å². The number of alkyl halides is 3. The van der Waals surface area contributed by atoms with Crippen molar-refractivity contribution in [2.75, 3.05) is 26.6 Å². The lowest BCUT2D eigenvalue weighted by Crippen LogP contribution is -2.47. The Labute approximate surface area is 108 Å². The Hall–Kier alpha value is -1.45. The Kier molecular flexibility index (Phi) is 5.45. The molecule has 4 nitrogen and oxygen atoms in total. The molecule has 2 unspecified atom stereocenters. The van der Waals surface area contributed by atoms with Crippen LogP contribution in [0.3, 0.4) is 0 Å². The summed E-state index contributed by atoms with van der Waals surface area (Å²) in [5, 5.41) is 0. The number of hydrogen-bond acceptors (Lipinski definition) is 4. The first-order chi connectivity index (χ1) is 9.09. The third-order valence-electron chi connectivity index (χ3n) is 3.65. The van der Waals surface area contributed by atoms with Gasteiger partial charge in [-0.1, -0.05) is 0 Å². The molecule has 0 radical (unpaired) electrons. The zero-order valence-corrected chi connectivity index (χ0v) is 10.4. The van der Waals surface area contributed by atoms with E-state index >= 15 is 0 Å². The molecule has 106 valence electrons. The van der Waals surface area contributed by atoms with Crippen LogP contribution in [0.5, 0.6) is 0 Å². The van der Waals surface area contributed by atoms with Crippen molar-refractivity contribution in [3.05, 3.63) is 0 Å². The van der Waals surface area contributed by atoms with Crippen molar-refractivity contribution in [2.45, 2.75) is 25.3 Å². The molecule has 7 heteroatoms. The van der Waals surface area contributed by atoms with E-state index in [9.17, 15) is 22.8 Å². The topological polar surface area (TPSA) is 58.9 Å². The monoisotopic (exact) mass is 276 g/mol. The third kappa shape index (κ3) is 3.52.